The van der Waals surface area contributed by atoms with E-state index in [9.17, 15) is 9.59 Å². The van der Waals surface area contributed by atoms with Gasteiger partial charge in [-0.05, 0) is 43.5 Å². The minimum Gasteiger partial charge on any atom is -0.490 e. The van der Waals surface area contributed by atoms with Crippen LogP contribution in [0.15, 0.2) is 48.5 Å². The van der Waals surface area contributed by atoms with Gasteiger partial charge in [-0.15, -0.1) is 0 Å². The summed E-state index contributed by atoms with van der Waals surface area (Å²) in [6, 6.07) is 15.2. The molecule has 1 fully saturated rings. The number of halogens is 1. The first-order valence-electron chi connectivity index (χ1n) is 10.4. The van der Waals surface area contributed by atoms with E-state index in [1.54, 1.807) is 23.1 Å². The van der Waals surface area contributed by atoms with Crippen molar-refractivity contribution in [2.24, 2.45) is 5.92 Å². The fourth-order valence-corrected chi connectivity index (χ4v) is 4.22. The third-order valence-electron chi connectivity index (χ3n) is 5.81. The van der Waals surface area contributed by atoms with Crippen LogP contribution in [0.1, 0.15) is 31.4 Å². The van der Waals surface area contributed by atoms with Crippen molar-refractivity contribution in [3.8, 4) is 5.75 Å². The number of hydrogen-bond donors (Lipinski definition) is 1. The summed E-state index contributed by atoms with van der Waals surface area (Å²) < 4.78 is 5.64. The summed E-state index contributed by atoms with van der Waals surface area (Å²) >= 11 is 6.12. The average Bonchev–Trinajstić information content (AvgIpc) is 2.78. The smallest absolute Gasteiger partial charge is 0.324 e. The van der Waals surface area contributed by atoms with E-state index < -0.39 is 0 Å². The van der Waals surface area contributed by atoms with E-state index >= 15 is 0 Å². The molecule has 0 aliphatic carbocycles. The minimum absolute atomic E-state index is 0.0343. The molecule has 0 radical (unpaired) electrons. The van der Waals surface area contributed by atoms with Crippen LogP contribution in [-0.2, 0) is 4.79 Å². The number of urea groups is 1. The van der Waals surface area contributed by atoms with Crippen LogP contribution in [0.4, 0.5) is 10.5 Å². The number of carbonyl (C=O) groups excluding carboxylic acids is 2. The molecule has 7 heteroatoms. The van der Waals surface area contributed by atoms with Crippen LogP contribution in [0.25, 0.3) is 0 Å². The maximum absolute atomic E-state index is 13.1. The van der Waals surface area contributed by atoms with Crippen LogP contribution in [0.2, 0.25) is 5.02 Å². The Morgan fingerprint density at radius 1 is 1.10 bits per heavy atom. The number of likely N-dealkylation sites (tertiary alicyclic amines) is 1. The molecule has 3 amide bonds. The first-order valence-corrected chi connectivity index (χ1v) is 10.7. The van der Waals surface area contributed by atoms with Crippen molar-refractivity contribution in [2.45, 2.75) is 25.8 Å². The van der Waals surface area contributed by atoms with Gasteiger partial charge in [-0.1, -0.05) is 41.9 Å². The van der Waals surface area contributed by atoms with Crippen LogP contribution in [0, 0.1) is 5.92 Å². The van der Waals surface area contributed by atoms with Gasteiger partial charge in [0.1, 0.15) is 12.4 Å². The monoisotopic (exact) mass is 427 g/mol. The minimum atomic E-state index is -0.0772. The molecule has 2 aromatic carbocycles. The molecule has 158 valence electrons. The van der Waals surface area contributed by atoms with Gasteiger partial charge < -0.3 is 15.0 Å². The molecular formula is C23H26ClN3O3. The summed E-state index contributed by atoms with van der Waals surface area (Å²) in [6.45, 7) is 4.05. The van der Waals surface area contributed by atoms with E-state index in [4.69, 9.17) is 16.3 Å². The first kappa shape index (κ1) is 20.5. The van der Waals surface area contributed by atoms with Gasteiger partial charge in [0.25, 0.3) is 0 Å². The van der Waals surface area contributed by atoms with Crippen molar-refractivity contribution < 1.29 is 14.3 Å². The van der Waals surface area contributed by atoms with E-state index in [0.29, 0.717) is 55.5 Å². The van der Waals surface area contributed by atoms with Gasteiger partial charge in [0, 0.05) is 24.0 Å². The lowest BCUT2D eigenvalue weighted by molar-refractivity contribution is -0.126. The highest BCUT2D eigenvalue weighted by Crippen LogP contribution is 2.35. The number of nitrogens with one attached hydrogen (secondary N) is 1. The largest absolute Gasteiger partial charge is 0.490 e. The van der Waals surface area contributed by atoms with Crippen LogP contribution in [0.5, 0.6) is 5.75 Å². The van der Waals surface area contributed by atoms with Gasteiger partial charge >= 0.3 is 6.03 Å². The number of piperidine rings is 1. The highest BCUT2D eigenvalue weighted by molar-refractivity contribution is 6.31. The van der Waals surface area contributed by atoms with Crippen LogP contribution < -0.4 is 15.0 Å². The van der Waals surface area contributed by atoms with Gasteiger partial charge in [0.2, 0.25) is 5.91 Å². The summed E-state index contributed by atoms with van der Waals surface area (Å²) in [6.07, 6.45) is 1.32. The molecule has 2 aliphatic rings. The molecule has 2 aliphatic heterocycles. The number of amides is 3. The second kappa shape index (κ2) is 8.96. The number of benzene rings is 2. The number of nitrogens with zero attached hydrogens (tertiary/aromatic N) is 2. The zero-order valence-corrected chi connectivity index (χ0v) is 17.8. The highest BCUT2D eigenvalue weighted by atomic mass is 35.5. The number of ether oxygens (including phenoxy) is 1. The fraction of sp³-hybridized carbons (Fsp3) is 0.391. The number of anilines is 1. The van der Waals surface area contributed by atoms with Crippen molar-refractivity contribution >= 4 is 29.2 Å². The molecule has 30 heavy (non-hydrogen) atoms. The molecule has 4 rings (SSSR count). The first-order chi connectivity index (χ1) is 14.5. The maximum atomic E-state index is 13.1. The Morgan fingerprint density at radius 3 is 2.57 bits per heavy atom. The molecular weight excluding hydrogens is 402 g/mol. The number of rotatable bonds is 3. The van der Waals surface area contributed by atoms with Gasteiger partial charge in [0.15, 0.2) is 0 Å². The fourth-order valence-electron chi connectivity index (χ4n) is 4.05. The zero-order chi connectivity index (χ0) is 21.1. The summed E-state index contributed by atoms with van der Waals surface area (Å²) in [5, 5.41) is 3.68. The van der Waals surface area contributed by atoms with E-state index in [1.165, 1.54) is 0 Å². The molecule has 1 saturated heterocycles. The Labute approximate surface area is 181 Å². The van der Waals surface area contributed by atoms with E-state index in [-0.39, 0.29) is 23.9 Å². The SMILES string of the molecule is CC(NC(=O)C1CCN(C(=O)N2CCOc3ccc(Cl)cc32)CC1)c1ccccc1. The molecule has 0 aromatic heterocycles. The Morgan fingerprint density at radius 2 is 1.83 bits per heavy atom. The zero-order valence-electron chi connectivity index (χ0n) is 17.0. The molecule has 2 aromatic rings. The van der Waals surface area contributed by atoms with Gasteiger partial charge in [-0.25, -0.2) is 4.79 Å². The van der Waals surface area contributed by atoms with E-state index in [0.717, 1.165) is 5.56 Å². The predicted molar refractivity (Wildman–Crippen MR) is 117 cm³/mol. The summed E-state index contributed by atoms with van der Waals surface area (Å²) in [7, 11) is 0. The molecule has 1 atom stereocenters. The molecule has 1 N–H and O–H groups in total. The highest BCUT2D eigenvalue weighted by Gasteiger charge is 2.32. The van der Waals surface area contributed by atoms with Crippen LogP contribution >= 0.6 is 11.6 Å². The third kappa shape index (κ3) is 4.38. The lowest BCUT2D eigenvalue weighted by Gasteiger charge is -2.37. The quantitative estimate of drug-likeness (QED) is 0.796. The molecule has 1 unspecified atom stereocenters. The average molecular weight is 428 g/mol. The number of fused-ring (bicyclic) bond motifs is 1. The van der Waals surface area contributed by atoms with Crippen molar-refractivity contribution in [1.29, 1.82) is 0 Å². The predicted octanol–water partition coefficient (Wildman–Crippen LogP) is 4.25. The van der Waals surface area contributed by atoms with Gasteiger partial charge in [-0.2, -0.15) is 0 Å². The lowest BCUT2D eigenvalue weighted by Crippen LogP contribution is -2.50. The molecule has 0 spiro atoms. The summed E-state index contributed by atoms with van der Waals surface area (Å²) in [5.74, 6) is 0.650. The number of hydrogen-bond acceptors (Lipinski definition) is 3. The maximum Gasteiger partial charge on any atom is 0.324 e. The molecule has 2 heterocycles. The summed E-state index contributed by atoms with van der Waals surface area (Å²) in [4.78, 5) is 29.4. The van der Waals surface area contributed by atoms with Crippen LogP contribution in [-0.4, -0.2) is 43.1 Å². The molecule has 6 nitrogen and oxygen atoms in total. The van der Waals surface area contributed by atoms with Crippen molar-refractivity contribution in [1.82, 2.24) is 10.2 Å². The van der Waals surface area contributed by atoms with Crippen LogP contribution in [0.3, 0.4) is 0 Å². The normalized spacial score (nSPS) is 17.7. The topological polar surface area (TPSA) is 61.9 Å². The lowest BCUT2D eigenvalue weighted by atomic mass is 9.95. The Kier molecular flexibility index (Phi) is 6.13. The van der Waals surface area contributed by atoms with Crippen molar-refractivity contribution in [3.05, 3.63) is 59.1 Å². The van der Waals surface area contributed by atoms with Crippen molar-refractivity contribution in [2.75, 3.05) is 31.1 Å². The van der Waals surface area contributed by atoms with Gasteiger partial charge in [-0.3, -0.25) is 9.69 Å². The molecule has 0 bridgehead atoms. The Hall–Kier alpha value is -2.73. The second-order valence-electron chi connectivity index (χ2n) is 7.80. The molecule has 0 saturated carbocycles. The van der Waals surface area contributed by atoms with E-state index in [1.807, 2.05) is 42.2 Å². The van der Waals surface area contributed by atoms with Crippen molar-refractivity contribution in [3.63, 3.8) is 0 Å². The standard InChI is InChI=1S/C23H26ClN3O3/c1-16(17-5-3-2-4-6-17)25-22(28)18-9-11-26(12-10-18)23(29)27-13-14-30-21-8-7-19(24)15-20(21)27/h2-8,15-16,18H,9-14H2,1H3,(H,25,28). The Bertz CT molecular complexity index is 913. The van der Waals surface area contributed by atoms with E-state index in [2.05, 4.69) is 5.32 Å². The third-order valence-corrected chi connectivity index (χ3v) is 6.04. The second-order valence-corrected chi connectivity index (χ2v) is 8.23. The Balaban J connectivity index is 1.34. The number of carbonyl (C=O) groups is 2. The van der Waals surface area contributed by atoms with Gasteiger partial charge in [0.05, 0.1) is 18.3 Å². The summed E-state index contributed by atoms with van der Waals surface area (Å²) in [5.41, 5.74) is 1.79.